The van der Waals surface area contributed by atoms with Crippen molar-refractivity contribution >= 4 is 168 Å². The van der Waals surface area contributed by atoms with Gasteiger partial charge in [0.05, 0.1) is 77.4 Å². The van der Waals surface area contributed by atoms with Crippen molar-refractivity contribution in [1.29, 1.82) is 0 Å². The number of benzene rings is 16. The minimum absolute atomic E-state index is 0. The van der Waals surface area contributed by atoms with Crippen LogP contribution < -0.4 is 5.46 Å². The summed E-state index contributed by atoms with van der Waals surface area (Å²) in [4.78, 5) is 9.34. The van der Waals surface area contributed by atoms with Crippen LogP contribution in [-0.2, 0) is 9.31 Å². The van der Waals surface area contributed by atoms with Gasteiger partial charge in [-0.05, 0) is 211 Å². The molecular formula is C114H88B2BrN8O2. The third kappa shape index (κ3) is 13.6. The SMILES string of the molecule is Brc1cncc(-c2cc(-n3c4ccccc4c4ccccc43)cc(-n3c4ccccc4c4ccccc43)c2)c1.C.C.CC1(C)OB(c2ccc(-n3c4ccccc4c4ccccc43)cc2)OC1(C)C.[B].c1ccc2c(c1)c1ccccc1n2-c1ccc(-c2cncc(-c3cc(-n4c5ccccc5c5ccccc54)cc(-n4c5ccccc5c5ccccc54)c3)c2)cc1. The molecule has 24 aromatic rings. The zero-order valence-corrected chi connectivity index (χ0v) is 70.8. The Morgan fingerprint density at radius 1 is 0.220 bits per heavy atom. The molecule has 0 atom stereocenters. The van der Waals surface area contributed by atoms with Gasteiger partial charge in [0.15, 0.2) is 0 Å². The molecule has 16 aromatic carbocycles. The maximum atomic E-state index is 6.19. The number of fused-ring (bicyclic) bond motifs is 18. The Kier molecular flexibility index (Phi) is 20.5. The average molecular weight is 1700 g/mol. The molecular weight excluding hydrogens is 1610 g/mol. The fourth-order valence-corrected chi connectivity index (χ4v) is 19.5. The van der Waals surface area contributed by atoms with Gasteiger partial charge in [-0.1, -0.05) is 258 Å². The Bertz CT molecular complexity index is 7780. The minimum atomic E-state index is -0.336. The third-order valence-electron chi connectivity index (χ3n) is 25.6. The summed E-state index contributed by atoms with van der Waals surface area (Å²) in [5.74, 6) is 0. The third-order valence-corrected chi connectivity index (χ3v) is 26.0. The van der Waals surface area contributed by atoms with Crippen LogP contribution in [0.5, 0.6) is 0 Å². The molecule has 127 heavy (non-hydrogen) atoms. The molecule has 9 heterocycles. The molecule has 0 aliphatic carbocycles. The highest BCUT2D eigenvalue weighted by atomic mass is 79.9. The molecule has 8 aromatic heterocycles. The highest BCUT2D eigenvalue weighted by Gasteiger charge is 2.51. The molecule has 1 aliphatic heterocycles. The van der Waals surface area contributed by atoms with E-state index in [1.165, 1.54) is 131 Å². The van der Waals surface area contributed by atoms with Crippen molar-refractivity contribution in [1.82, 2.24) is 37.4 Å². The normalized spacial score (nSPS) is 12.9. The zero-order chi connectivity index (χ0) is 82.9. The topological polar surface area (TPSA) is 73.8 Å². The molecule has 0 amide bonds. The van der Waals surface area contributed by atoms with Gasteiger partial charge in [0.1, 0.15) is 0 Å². The van der Waals surface area contributed by atoms with Crippen LogP contribution in [0.25, 0.3) is 198 Å². The van der Waals surface area contributed by atoms with E-state index in [0.29, 0.717) is 0 Å². The molecule has 25 rings (SSSR count). The fraction of sp³-hybridized carbons (Fsp3) is 0.0702. The number of rotatable bonds is 10. The maximum absolute atomic E-state index is 6.19. The highest BCUT2D eigenvalue weighted by molar-refractivity contribution is 9.10. The Hall–Kier alpha value is -14.9. The van der Waals surface area contributed by atoms with Crippen LogP contribution in [0, 0.1) is 0 Å². The van der Waals surface area contributed by atoms with Gasteiger partial charge in [-0.25, -0.2) is 0 Å². The number of hydrogen-bond acceptors (Lipinski definition) is 4. The second-order valence-corrected chi connectivity index (χ2v) is 34.2. The summed E-state index contributed by atoms with van der Waals surface area (Å²) in [6.07, 6.45) is 7.74. The molecule has 0 N–H and O–H groups in total. The van der Waals surface area contributed by atoms with Crippen LogP contribution in [0.4, 0.5) is 0 Å². The van der Waals surface area contributed by atoms with Crippen LogP contribution in [0.2, 0.25) is 0 Å². The lowest BCUT2D eigenvalue weighted by atomic mass is 9.79. The van der Waals surface area contributed by atoms with Crippen molar-refractivity contribution in [2.75, 3.05) is 0 Å². The monoisotopic (exact) mass is 1700 g/mol. The molecule has 0 unspecified atom stereocenters. The van der Waals surface area contributed by atoms with E-state index in [-0.39, 0.29) is 41.6 Å². The number of aromatic nitrogens is 8. The van der Waals surface area contributed by atoms with Gasteiger partial charge >= 0.3 is 7.12 Å². The predicted octanol–water partition coefficient (Wildman–Crippen LogP) is 29.4. The van der Waals surface area contributed by atoms with Crippen molar-refractivity contribution in [3.63, 3.8) is 0 Å². The summed E-state index contributed by atoms with van der Waals surface area (Å²) in [5, 5.41) is 15.0. The molecule has 609 valence electrons. The highest BCUT2D eigenvalue weighted by Crippen LogP contribution is 2.44. The minimum Gasteiger partial charge on any atom is -0.399 e. The summed E-state index contributed by atoms with van der Waals surface area (Å²) in [5.41, 5.74) is 27.9. The van der Waals surface area contributed by atoms with E-state index in [9.17, 15) is 0 Å². The van der Waals surface area contributed by atoms with Crippen LogP contribution in [-0.4, -0.2) is 64.1 Å². The molecule has 0 saturated carbocycles. The van der Waals surface area contributed by atoms with E-state index in [2.05, 4.69) is 464 Å². The van der Waals surface area contributed by atoms with E-state index in [1.54, 1.807) is 0 Å². The molecule has 1 saturated heterocycles. The standard InChI is InChI=1S/C53H34N4.C35H22BrN3.C24H24BNO2.2CH4.B/c1-7-19-48-42(13-1)43-14-2-8-20-49(43)55(48)39-27-25-35(26-28-39)37-29-38(34-54-33-37)36-30-40(56-50-21-9-3-15-44(50)45-16-4-10-22-51(45)56)32-41(31-36)57-52-23-11-5-17-46(52)47-18-6-12-24-53(47)57;36-25-17-24(21-37-22-25)23-18-26(38-32-13-5-1-9-28(32)29-10-2-6-14-33(29)38)20-27(19-23)39-34-15-7-3-11-30(34)31-12-4-8-16-35(31)39;1-23(2)24(3,4)28-25(27-23)17-13-15-18(16-14-17)26-21-11-7-5-9-19(21)20-10-6-8-12-22(20)26;;;/h1-34H;1-22H;5-16H,1-4H3;2*1H4;. The number of nitrogens with zero attached hydrogens (tertiary/aromatic N) is 8. The van der Waals surface area contributed by atoms with Gasteiger partial charge in [-0.15, -0.1) is 0 Å². The summed E-state index contributed by atoms with van der Waals surface area (Å²) >= 11 is 3.63. The van der Waals surface area contributed by atoms with Crippen molar-refractivity contribution in [3.05, 3.63) is 418 Å². The van der Waals surface area contributed by atoms with Crippen LogP contribution in [0.15, 0.2) is 418 Å². The summed E-state index contributed by atoms with van der Waals surface area (Å²) in [6, 6.07) is 140. The van der Waals surface area contributed by atoms with Gasteiger partial charge in [-0.2, -0.15) is 0 Å². The van der Waals surface area contributed by atoms with E-state index in [1.807, 2.05) is 24.8 Å². The number of hydrogen-bond donors (Lipinski definition) is 0. The zero-order valence-electron chi connectivity index (χ0n) is 69.2. The van der Waals surface area contributed by atoms with E-state index < -0.39 is 0 Å². The lowest BCUT2D eigenvalue weighted by Gasteiger charge is -2.32. The number of para-hydroxylation sites is 12. The molecule has 13 heteroatoms. The molecule has 0 spiro atoms. The number of pyridine rings is 2. The Balaban J connectivity index is 0.000000126. The first-order chi connectivity index (χ1) is 60.9. The van der Waals surface area contributed by atoms with Crippen LogP contribution in [0.1, 0.15) is 42.5 Å². The molecule has 1 fully saturated rings. The lowest BCUT2D eigenvalue weighted by Crippen LogP contribution is -2.41. The average Bonchev–Trinajstić information content (AvgIpc) is 1.58. The van der Waals surface area contributed by atoms with Gasteiger partial charge in [-0.3, -0.25) is 9.97 Å². The Labute approximate surface area is 747 Å². The van der Waals surface area contributed by atoms with Gasteiger partial charge in [0.2, 0.25) is 0 Å². The van der Waals surface area contributed by atoms with Crippen LogP contribution >= 0.6 is 15.9 Å². The smallest absolute Gasteiger partial charge is 0.399 e. The molecule has 1 aliphatic rings. The lowest BCUT2D eigenvalue weighted by molar-refractivity contribution is 0.00578. The molecule has 10 nitrogen and oxygen atoms in total. The Morgan fingerprint density at radius 3 is 0.669 bits per heavy atom. The van der Waals surface area contributed by atoms with E-state index >= 15 is 0 Å². The Morgan fingerprint density at radius 2 is 0.425 bits per heavy atom. The number of halogens is 1. The fourth-order valence-electron chi connectivity index (χ4n) is 19.1. The van der Waals surface area contributed by atoms with Gasteiger partial charge in [0, 0.05) is 153 Å². The van der Waals surface area contributed by atoms with Gasteiger partial charge in [0.25, 0.3) is 0 Å². The first-order valence-electron chi connectivity index (χ1n) is 42.3. The molecule has 3 radical (unpaired) electrons. The molecule has 0 bridgehead atoms. The largest absolute Gasteiger partial charge is 0.494 e. The van der Waals surface area contributed by atoms with E-state index in [0.717, 1.165) is 77.4 Å². The van der Waals surface area contributed by atoms with Gasteiger partial charge < -0.3 is 36.7 Å². The maximum Gasteiger partial charge on any atom is 0.494 e. The van der Waals surface area contributed by atoms with Crippen LogP contribution in [0.3, 0.4) is 0 Å². The van der Waals surface area contributed by atoms with E-state index in [4.69, 9.17) is 14.3 Å². The van der Waals surface area contributed by atoms with Crippen molar-refractivity contribution in [2.45, 2.75) is 53.8 Å². The van der Waals surface area contributed by atoms with Crippen molar-refractivity contribution in [2.24, 2.45) is 0 Å². The summed E-state index contributed by atoms with van der Waals surface area (Å²) in [7, 11) is -0.336. The van der Waals surface area contributed by atoms with Crippen molar-refractivity contribution < 1.29 is 9.31 Å². The summed E-state index contributed by atoms with van der Waals surface area (Å²) < 4.78 is 27.6. The first-order valence-corrected chi connectivity index (χ1v) is 43.1. The van der Waals surface area contributed by atoms with Crippen molar-refractivity contribution in [3.8, 4) is 67.5 Å². The summed E-state index contributed by atoms with van der Waals surface area (Å²) in [6.45, 7) is 8.33. The predicted molar refractivity (Wildman–Crippen MR) is 540 cm³/mol. The quantitative estimate of drug-likeness (QED) is 0.128. The second-order valence-electron chi connectivity index (χ2n) is 33.3. The second kappa shape index (κ2) is 32.4. The first kappa shape index (κ1) is 80.6.